The highest BCUT2D eigenvalue weighted by Crippen LogP contribution is 2.22. The molecule has 2 amide bonds. The second kappa shape index (κ2) is 6.47. The molecule has 0 aromatic heterocycles. The van der Waals surface area contributed by atoms with Crippen LogP contribution in [0.15, 0.2) is 18.2 Å². The summed E-state index contributed by atoms with van der Waals surface area (Å²) in [6.07, 6.45) is 1.34. The molecule has 1 saturated heterocycles. The van der Waals surface area contributed by atoms with Crippen LogP contribution in [-0.4, -0.2) is 42.2 Å². The molecular formula is C15H20N2O4. The van der Waals surface area contributed by atoms with Gasteiger partial charge in [0.15, 0.2) is 0 Å². The van der Waals surface area contributed by atoms with E-state index in [9.17, 15) is 9.59 Å². The van der Waals surface area contributed by atoms with Crippen molar-refractivity contribution in [1.82, 2.24) is 4.90 Å². The molecule has 0 saturated carbocycles. The van der Waals surface area contributed by atoms with Crippen molar-refractivity contribution < 1.29 is 19.4 Å². The van der Waals surface area contributed by atoms with E-state index in [1.165, 1.54) is 0 Å². The lowest BCUT2D eigenvalue weighted by Crippen LogP contribution is -2.44. The highest BCUT2D eigenvalue weighted by Gasteiger charge is 2.28. The minimum Gasteiger partial charge on any atom is -0.496 e. The van der Waals surface area contributed by atoms with E-state index in [2.05, 4.69) is 5.32 Å². The first-order valence-corrected chi connectivity index (χ1v) is 6.94. The Morgan fingerprint density at radius 2 is 2.19 bits per heavy atom. The third-order valence-corrected chi connectivity index (χ3v) is 3.70. The van der Waals surface area contributed by atoms with Crippen LogP contribution in [0.25, 0.3) is 0 Å². The topological polar surface area (TPSA) is 78.9 Å². The lowest BCUT2D eigenvalue weighted by molar-refractivity contribution is -0.143. The maximum Gasteiger partial charge on any atom is 0.321 e. The van der Waals surface area contributed by atoms with Gasteiger partial charge in [0.1, 0.15) is 5.75 Å². The summed E-state index contributed by atoms with van der Waals surface area (Å²) in [5.74, 6) is -0.549. The summed E-state index contributed by atoms with van der Waals surface area (Å²) in [4.78, 5) is 24.8. The molecule has 114 valence electrons. The van der Waals surface area contributed by atoms with E-state index in [4.69, 9.17) is 9.84 Å². The monoisotopic (exact) mass is 292 g/mol. The molecule has 2 N–H and O–H groups in total. The second-order valence-corrected chi connectivity index (χ2v) is 5.24. The van der Waals surface area contributed by atoms with E-state index in [-0.39, 0.29) is 12.6 Å². The number of nitrogens with one attached hydrogen (secondary N) is 1. The molecule has 1 aromatic carbocycles. The summed E-state index contributed by atoms with van der Waals surface area (Å²) in [6, 6.07) is 5.13. The van der Waals surface area contributed by atoms with E-state index in [1.54, 1.807) is 24.1 Å². The number of rotatable bonds is 3. The van der Waals surface area contributed by atoms with Gasteiger partial charge in [-0.15, -0.1) is 0 Å². The van der Waals surface area contributed by atoms with E-state index >= 15 is 0 Å². The highest BCUT2D eigenvalue weighted by molar-refractivity contribution is 5.90. The largest absolute Gasteiger partial charge is 0.496 e. The lowest BCUT2D eigenvalue weighted by atomic mass is 9.99. The van der Waals surface area contributed by atoms with Crippen molar-refractivity contribution in [1.29, 1.82) is 0 Å². The molecule has 6 nitrogen and oxygen atoms in total. The molecule has 0 bridgehead atoms. The average Bonchev–Trinajstić information content (AvgIpc) is 2.47. The van der Waals surface area contributed by atoms with Crippen LogP contribution in [0.2, 0.25) is 0 Å². The maximum absolute atomic E-state index is 12.2. The molecule has 1 aliphatic heterocycles. The molecule has 21 heavy (non-hydrogen) atoms. The van der Waals surface area contributed by atoms with Crippen LogP contribution in [0, 0.1) is 12.8 Å². The maximum atomic E-state index is 12.2. The van der Waals surface area contributed by atoms with Gasteiger partial charge in [-0.2, -0.15) is 0 Å². The first-order chi connectivity index (χ1) is 10.0. The number of carbonyl (C=O) groups is 2. The third-order valence-electron chi connectivity index (χ3n) is 3.70. The smallest absolute Gasteiger partial charge is 0.321 e. The fraction of sp³-hybridized carbons (Fsp3) is 0.467. The Hall–Kier alpha value is -2.24. The van der Waals surface area contributed by atoms with Gasteiger partial charge in [0.25, 0.3) is 0 Å². The van der Waals surface area contributed by atoms with Gasteiger partial charge < -0.3 is 20.1 Å². The summed E-state index contributed by atoms with van der Waals surface area (Å²) >= 11 is 0. The highest BCUT2D eigenvalue weighted by atomic mass is 16.5. The number of benzene rings is 1. The summed E-state index contributed by atoms with van der Waals surface area (Å²) in [5.41, 5.74) is 1.60. The number of aryl methyl sites for hydroxylation is 1. The number of anilines is 1. The number of likely N-dealkylation sites (tertiary alicyclic amines) is 1. The number of urea groups is 1. The van der Waals surface area contributed by atoms with E-state index < -0.39 is 11.9 Å². The number of carbonyl (C=O) groups excluding carboxylic acids is 1. The standard InChI is InChI=1S/C15H20N2O4/c1-10-8-12(5-6-13(10)21-2)16-15(20)17-7-3-4-11(9-17)14(18)19/h5-6,8,11H,3-4,7,9H2,1-2H3,(H,16,20)(H,18,19). The number of hydrogen-bond donors (Lipinski definition) is 2. The Kier molecular flexibility index (Phi) is 4.67. The van der Waals surface area contributed by atoms with Gasteiger partial charge in [-0.1, -0.05) is 0 Å². The first kappa shape index (κ1) is 15.2. The normalized spacial score (nSPS) is 18.2. The van der Waals surface area contributed by atoms with Crippen molar-refractivity contribution in [3.8, 4) is 5.75 Å². The average molecular weight is 292 g/mol. The van der Waals surface area contributed by atoms with Crippen molar-refractivity contribution >= 4 is 17.7 Å². The molecule has 0 aliphatic carbocycles. The molecule has 1 aliphatic rings. The molecule has 1 unspecified atom stereocenters. The predicted molar refractivity (Wildman–Crippen MR) is 78.7 cm³/mol. The van der Waals surface area contributed by atoms with Gasteiger partial charge in [-0.05, 0) is 43.5 Å². The van der Waals surface area contributed by atoms with Crippen LogP contribution in [0.5, 0.6) is 5.75 Å². The lowest BCUT2D eigenvalue weighted by Gasteiger charge is -2.30. The molecule has 2 rings (SSSR count). The Bertz CT molecular complexity index is 544. The zero-order chi connectivity index (χ0) is 15.4. The quantitative estimate of drug-likeness (QED) is 0.896. The molecule has 0 spiro atoms. The Morgan fingerprint density at radius 3 is 2.81 bits per heavy atom. The molecule has 0 radical (unpaired) electrons. The molecule has 1 aromatic rings. The minimum absolute atomic E-state index is 0.259. The summed E-state index contributed by atoms with van der Waals surface area (Å²) < 4.78 is 5.17. The van der Waals surface area contributed by atoms with Gasteiger partial charge in [0, 0.05) is 18.8 Å². The number of piperidine rings is 1. The molecular weight excluding hydrogens is 272 g/mol. The fourth-order valence-corrected chi connectivity index (χ4v) is 2.52. The van der Waals surface area contributed by atoms with E-state index in [0.717, 1.165) is 11.3 Å². The number of carboxylic acids is 1. The molecule has 1 fully saturated rings. The van der Waals surface area contributed by atoms with Gasteiger partial charge in [0.2, 0.25) is 0 Å². The molecule has 1 heterocycles. The zero-order valence-electron chi connectivity index (χ0n) is 12.3. The number of methoxy groups -OCH3 is 1. The number of aliphatic carboxylic acids is 1. The van der Waals surface area contributed by atoms with Crippen molar-refractivity contribution in [3.05, 3.63) is 23.8 Å². The van der Waals surface area contributed by atoms with Crippen molar-refractivity contribution in [3.63, 3.8) is 0 Å². The third kappa shape index (κ3) is 3.65. The predicted octanol–water partition coefficient (Wildman–Crippen LogP) is 2.33. The van der Waals surface area contributed by atoms with E-state index in [0.29, 0.717) is 25.1 Å². The minimum atomic E-state index is -0.840. The first-order valence-electron chi connectivity index (χ1n) is 6.94. The van der Waals surface area contributed by atoms with Crippen molar-refractivity contribution in [2.45, 2.75) is 19.8 Å². The Morgan fingerprint density at radius 1 is 1.43 bits per heavy atom. The van der Waals surface area contributed by atoms with Crippen LogP contribution in [0.3, 0.4) is 0 Å². The number of ether oxygens (including phenoxy) is 1. The van der Waals surface area contributed by atoms with Crippen LogP contribution in [0.1, 0.15) is 18.4 Å². The number of amides is 2. The molecule has 1 atom stereocenters. The van der Waals surface area contributed by atoms with Crippen LogP contribution in [0.4, 0.5) is 10.5 Å². The van der Waals surface area contributed by atoms with Crippen molar-refractivity contribution in [2.24, 2.45) is 5.92 Å². The molecule has 6 heteroatoms. The van der Waals surface area contributed by atoms with Gasteiger partial charge in [-0.25, -0.2) is 4.79 Å². The number of nitrogens with zero attached hydrogens (tertiary/aromatic N) is 1. The number of carboxylic acid groups (broad SMARTS) is 1. The van der Waals surface area contributed by atoms with Gasteiger partial charge in [0.05, 0.1) is 13.0 Å². The van der Waals surface area contributed by atoms with Crippen LogP contribution >= 0.6 is 0 Å². The van der Waals surface area contributed by atoms with E-state index in [1.807, 2.05) is 13.0 Å². The SMILES string of the molecule is COc1ccc(NC(=O)N2CCCC(C(=O)O)C2)cc1C. The van der Waals surface area contributed by atoms with Gasteiger partial charge >= 0.3 is 12.0 Å². The van der Waals surface area contributed by atoms with Crippen LogP contribution in [-0.2, 0) is 4.79 Å². The Balaban J connectivity index is 2.00. The fourth-order valence-electron chi connectivity index (χ4n) is 2.52. The summed E-state index contributed by atoms with van der Waals surface area (Å²) in [6.45, 7) is 2.75. The number of hydrogen-bond acceptors (Lipinski definition) is 3. The Labute approximate surface area is 123 Å². The van der Waals surface area contributed by atoms with Crippen molar-refractivity contribution in [2.75, 3.05) is 25.5 Å². The second-order valence-electron chi connectivity index (χ2n) is 5.24. The van der Waals surface area contributed by atoms with Gasteiger partial charge in [-0.3, -0.25) is 4.79 Å². The zero-order valence-corrected chi connectivity index (χ0v) is 12.3. The van der Waals surface area contributed by atoms with Crippen LogP contribution < -0.4 is 10.1 Å². The summed E-state index contributed by atoms with van der Waals surface area (Å²) in [5, 5.41) is 11.9. The summed E-state index contributed by atoms with van der Waals surface area (Å²) in [7, 11) is 1.60.